The summed E-state index contributed by atoms with van der Waals surface area (Å²) in [4.78, 5) is 6.25. The van der Waals surface area contributed by atoms with Gasteiger partial charge in [0, 0.05) is 16.5 Å². The lowest BCUT2D eigenvalue weighted by molar-refractivity contribution is 0.0206. The third-order valence-electron chi connectivity index (χ3n) is 2.72. The third kappa shape index (κ3) is 2.90. The highest BCUT2D eigenvalue weighted by Gasteiger charge is 2.32. The van der Waals surface area contributed by atoms with Gasteiger partial charge >= 0.3 is 0 Å². The molecule has 0 aliphatic carbocycles. The summed E-state index contributed by atoms with van der Waals surface area (Å²) in [5.41, 5.74) is 6.35. The molecule has 0 saturated heterocycles. The fraction of sp³-hybridized carbons (Fsp3) is 0.273. The Morgan fingerprint density at radius 1 is 1.45 bits per heavy atom. The van der Waals surface area contributed by atoms with Gasteiger partial charge in [-0.05, 0) is 11.6 Å². The number of halogens is 2. The fourth-order valence-electron chi connectivity index (χ4n) is 1.82. The average molecular weight is 280 g/mol. The van der Waals surface area contributed by atoms with Crippen LogP contribution in [0.2, 0.25) is 0 Å². The fourth-order valence-corrected chi connectivity index (χ4v) is 1.82. The van der Waals surface area contributed by atoms with Gasteiger partial charge in [0.1, 0.15) is 29.9 Å². The van der Waals surface area contributed by atoms with Crippen LogP contribution in [0.15, 0.2) is 36.0 Å². The summed E-state index contributed by atoms with van der Waals surface area (Å²) < 4.78 is 28.0. The van der Waals surface area contributed by atoms with Gasteiger partial charge in [0.05, 0.1) is 13.1 Å². The second kappa shape index (κ2) is 5.64. The molecule has 0 radical (unpaired) electrons. The van der Waals surface area contributed by atoms with Crippen molar-refractivity contribution in [1.29, 1.82) is 0 Å². The molecule has 0 spiro atoms. The van der Waals surface area contributed by atoms with Crippen LogP contribution in [0.25, 0.3) is 10.4 Å². The van der Waals surface area contributed by atoms with Gasteiger partial charge in [-0.15, -0.1) is 0 Å². The van der Waals surface area contributed by atoms with Crippen molar-refractivity contribution in [3.05, 3.63) is 58.5 Å². The summed E-state index contributed by atoms with van der Waals surface area (Å²) in [5.74, 6) is -1.70. The van der Waals surface area contributed by atoms with Crippen LogP contribution >= 0.6 is 0 Å². The lowest BCUT2D eigenvalue weighted by Crippen LogP contribution is -2.36. The maximum Gasteiger partial charge on any atom is 0.137 e. The SMILES string of the molecule is [N-]=[N+]=NC[C@](O)(Cn1cncn1)c1ccc(F)cc1F. The molecule has 0 aliphatic heterocycles. The quantitative estimate of drug-likeness (QED) is 0.513. The molecule has 0 unspecified atom stereocenters. The van der Waals surface area contributed by atoms with Crippen LogP contribution < -0.4 is 0 Å². The number of hydrogen-bond donors (Lipinski definition) is 1. The number of hydrogen-bond acceptors (Lipinski definition) is 4. The number of aliphatic hydroxyl groups is 1. The molecular formula is C11H10F2N6O. The summed E-state index contributed by atoms with van der Waals surface area (Å²) in [5, 5.41) is 17.6. The summed E-state index contributed by atoms with van der Waals surface area (Å²) in [6, 6.07) is 2.77. The molecule has 0 amide bonds. The van der Waals surface area contributed by atoms with Crippen LogP contribution in [0.1, 0.15) is 5.56 Å². The van der Waals surface area contributed by atoms with E-state index in [1.165, 1.54) is 17.3 Å². The van der Waals surface area contributed by atoms with Crippen molar-refractivity contribution in [2.45, 2.75) is 12.1 Å². The van der Waals surface area contributed by atoms with E-state index >= 15 is 0 Å². The Morgan fingerprint density at radius 3 is 2.85 bits per heavy atom. The second-order valence-corrected chi connectivity index (χ2v) is 4.14. The Labute approximate surface area is 112 Å². The molecule has 20 heavy (non-hydrogen) atoms. The maximum absolute atomic E-state index is 13.8. The smallest absolute Gasteiger partial charge is 0.137 e. The first kappa shape index (κ1) is 13.9. The molecule has 1 aromatic heterocycles. The zero-order valence-corrected chi connectivity index (χ0v) is 10.2. The molecule has 2 aromatic rings. The first-order valence-electron chi connectivity index (χ1n) is 5.56. The van der Waals surface area contributed by atoms with Crippen molar-refractivity contribution in [2.75, 3.05) is 6.54 Å². The van der Waals surface area contributed by atoms with Gasteiger partial charge in [0.15, 0.2) is 0 Å². The van der Waals surface area contributed by atoms with Gasteiger partial charge in [-0.3, -0.25) is 0 Å². The minimum atomic E-state index is -1.85. The highest BCUT2D eigenvalue weighted by Crippen LogP contribution is 2.27. The molecule has 1 heterocycles. The van der Waals surface area contributed by atoms with Gasteiger partial charge in [0.2, 0.25) is 0 Å². The van der Waals surface area contributed by atoms with Crippen molar-refractivity contribution >= 4 is 0 Å². The Hall–Kier alpha value is -2.51. The number of rotatable bonds is 5. The van der Waals surface area contributed by atoms with E-state index in [9.17, 15) is 13.9 Å². The van der Waals surface area contributed by atoms with E-state index in [1.807, 2.05) is 0 Å². The maximum atomic E-state index is 13.8. The van der Waals surface area contributed by atoms with Crippen LogP contribution in [0.5, 0.6) is 0 Å². The molecule has 104 valence electrons. The van der Waals surface area contributed by atoms with Crippen molar-refractivity contribution in [1.82, 2.24) is 14.8 Å². The number of benzene rings is 1. The summed E-state index contributed by atoms with van der Waals surface area (Å²) >= 11 is 0. The second-order valence-electron chi connectivity index (χ2n) is 4.14. The lowest BCUT2D eigenvalue weighted by Gasteiger charge is -2.27. The van der Waals surface area contributed by atoms with Gasteiger partial charge in [-0.2, -0.15) is 5.10 Å². The van der Waals surface area contributed by atoms with E-state index in [0.29, 0.717) is 6.07 Å². The summed E-state index contributed by atoms with van der Waals surface area (Å²) in [6.45, 7) is -0.611. The van der Waals surface area contributed by atoms with E-state index in [1.54, 1.807) is 0 Å². The topological polar surface area (TPSA) is 99.7 Å². The lowest BCUT2D eigenvalue weighted by atomic mass is 9.93. The predicted molar refractivity (Wildman–Crippen MR) is 64.3 cm³/mol. The van der Waals surface area contributed by atoms with Crippen molar-refractivity contribution < 1.29 is 13.9 Å². The Balaban J connectivity index is 2.42. The van der Waals surface area contributed by atoms with Crippen molar-refractivity contribution in [2.24, 2.45) is 5.11 Å². The number of aromatic nitrogens is 3. The number of azide groups is 1. The highest BCUT2D eigenvalue weighted by atomic mass is 19.1. The van der Waals surface area contributed by atoms with E-state index in [0.717, 1.165) is 12.1 Å². The molecule has 0 aliphatic rings. The molecule has 1 atom stereocenters. The van der Waals surface area contributed by atoms with E-state index in [-0.39, 0.29) is 12.1 Å². The third-order valence-corrected chi connectivity index (χ3v) is 2.72. The van der Waals surface area contributed by atoms with Crippen LogP contribution in [-0.4, -0.2) is 26.4 Å². The molecule has 2 rings (SSSR count). The minimum absolute atomic E-state index is 0.179. The normalized spacial score (nSPS) is 13.6. The minimum Gasteiger partial charge on any atom is -0.383 e. The molecule has 1 aromatic carbocycles. The highest BCUT2D eigenvalue weighted by molar-refractivity contribution is 5.25. The molecule has 1 N–H and O–H groups in total. The summed E-state index contributed by atoms with van der Waals surface area (Å²) in [7, 11) is 0. The van der Waals surface area contributed by atoms with Crippen LogP contribution in [0.3, 0.4) is 0 Å². The van der Waals surface area contributed by atoms with Gasteiger partial charge in [-0.1, -0.05) is 11.2 Å². The zero-order chi connectivity index (χ0) is 14.6. The first-order chi connectivity index (χ1) is 9.55. The van der Waals surface area contributed by atoms with E-state index < -0.39 is 23.8 Å². The van der Waals surface area contributed by atoms with Gasteiger partial charge in [-0.25, -0.2) is 18.4 Å². The molecule has 7 nitrogen and oxygen atoms in total. The monoisotopic (exact) mass is 280 g/mol. The van der Waals surface area contributed by atoms with Crippen molar-refractivity contribution in [3.63, 3.8) is 0 Å². The van der Waals surface area contributed by atoms with Crippen LogP contribution in [-0.2, 0) is 12.1 Å². The van der Waals surface area contributed by atoms with Gasteiger partial charge < -0.3 is 5.11 Å². The average Bonchev–Trinajstić information content (AvgIpc) is 2.88. The van der Waals surface area contributed by atoms with E-state index in [2.05, 4.69) is 20.1 Å². The number of nitrogens with zero attached hydrogens (tertiary/aromatic N) is 6. The van der Waals surface area contributed by atoms with Crippen LogP contribution in [0, 0.1) is 11.6 Å². The summed E-state index contributed by atoms with van der Waals surface area (Å²) in [6.07, 6.45) is 2.57. The Bertz CT molecular complexity index is 640. The Kier molecular flexibility index (Phi) is 3.92. The zero-order valence-electron chi connectivity index (χ0n) is 10.2. The predicted octanol–water partition coefficient (Wildman–Crippen LogP) is 1.75. The van der Waals surface area contributed by atoms with Gasteiger partial charge in [0.25, 0.3) is 0 Å². The van der Waals surface area contributed by atoms with Crippen molar-refractivity contribution in [3.8, 4) is 0 Å². The first-order valence-corrected chi connectivity index (χ1v) is 5.56. The van der Waals surface area contributed by atoms with Crippen LogP contribution in [0.4, 0.5) is 8.78 Å². The molecule has 0 fully saturated rings. The Morgan fingerprint density at radius 2 is 2.25 bits per heavy atom. The van der Waals surface area contributed by atoms with E-state index in [4.69, 9.17) is 5.53 Å². The standard InChI is InChI=1S/C11H10F2N6O/c12-8-1-2-9(10(13)3-8)11(20,4-16-18-14)5-19-7-15-6-17-19/h1-3,6-7,20H,4-5H2/t11-/m0/s1. The molecule has 0 bridgehead atoms. The largest absolute Gasteiger partial charge is 0.383 e. The molecule has 9 heteroatoms. The molecular weight excluding hydrogens is 270 g/mol. The molecule has 0 saturated carbocycles.